The SMILES string of the molecule is CC[C@@H](NC(=O)Nc1c(C)nn(C(C)C)c1C)c1cnn(CC)c1. The minimum Gasteiger partial charge on any atom is -0.331 e. The van der Waals surface area contributed by atoms with Crippen molar-refractivity contribution in [2.75, 3.05) is 5.32 Å². The van der Waals surface area contributed by atoms with Crippen molar-refractivity contribution < 1.29 is 4.79 Å². The molecule has 24 heavy (non-hydrogen) atoms. The summed E-state index contributed by atoms with van der Waals surface area (Å²) in [6, 6.07) is -0.0303. The quantitative estimate of drug-likeness (QED) is 0.849. The van der Waals surface area contributed by atoms with Crippen molar-refractivity contribution >= 4 is 11.7 Å². The molecule has 0 aromatic carbocycles. The van der Waals surface area contributed by atoms with Crippen LogP contribution in [-0.2, 0) is 6.54 Å². The number of hydrogen-bond acceptors (Lipinski definition) is 3. The number of hydrogen-bond donors (Lipinski definition) is 2. The van der Waals surface area contributed by atoms with Crippen molar-refractivity contribution in [3.8, 4) is 0 Å². The Morgan fingerprint density at radius 1 is 1.29 bits per heavy atom. The minimum absolute atomic E-state index is 0.0638. The van der Waals surface area contributed by atoms with Crippen LogP contribution in [0.15, 0.2) is 12.4 Å². The number of urea groups is 1. The molecule has 0 saturated carbocycles. The van der Waals surface area contributed by atoms with Crippen molar-refractivity contribution in [2.24, 2.45) is 0 Å². The normalized spacial score (nSPS) is 12.5. The first-order valence-electron chi connectivity index (χ1n) is 8.52. The fourth-order valence-corrected chi connectivity index (χ4v) is 2.81. The summed E-state index contributed by atoms with van der Waals surface area (Å²) in [6.07, 6.45) is 4.58. The zero-order valence-corrected chi connectivity index (χ0v) is 15.4. The molecule has 0 unspecified atom stereocenters. The highest BCUT2D eigenvalue weighted by Crippen LogP contribution is 2.23. The van der Waals surface area contributed by atoms with E-state index < -0.39 is 0 Å². The molecule has 0 fully saturated rings. The fraction of sp³-hybridized carbons (Fsp3) is 0.588. The third-order valence-electron chi connectivity index (χ3n) is 4.15. The molecule has 7 nitrogen and oxygen atoms in total. The highest BCUT2D eigenvalue weighted by atomic mass is 16.2. The number of carbonyl (C=O) groups is 1. The van der Waals surface area contributed by atoms with E-state index in [0.717, 1.165) is 35.6 Å². The van der Waals surface area contributed by atoms with Gasteiger partial charge in [0.25, 0.3) is 0 Å². The van der Waals surface area contributed by atoms with Gasteiger partial charge >= 0.3 is 6.03 Å². The first-order valence-corrected chi connectivity index (χ1v) is 8.52. The molecule has 0 aliphatic rings. The summed E-state index contributed by atoms with van der Waals surface area (Å²) in [7, 11) is 0. The van der Waals surface area contributed by atoms with E-state index in [-0.39, 0.29) is 18.1 Å². The van der Waals surface area contributed by atoms with Crippen LogP contribution < -0.4 is 10.6 Å². The van der Waals surface area contributed by atoms with Crippen LogP contribution in [0.2, 0.25) is 0 Å². The topological polar surface area (TPSA) is 76.8 Å². The van der Waals surface area contributed by atoms with Crippen molar-refractivity contribution in [3.63, 3.8) is 0 Å². The van der Waals surface area contributed by atoms with Crippen LogP contribution in [-0.4, -0.2) is 25.6 Å². The van der Waals surface area contributed by atoms with Gasteiger partial charge in [0.1, 0.15) is 0 Å². The summed E-state index contributed by atoms with van der Waals surface area (Å²) in [6.45, 7) is 12.9. The summed E-state index contributed by atoms with van der Waals surface area (Å²) in [5.41, 5.74) is 3.58. The largest absolute Gasteiger partial charge is 0.331 e. The summed E-state index contributed by atoms with van der Waals surface area (Å²) in [5, 5.41) is 14.7. The summed E-state index contributed by atoms with van der Waals surface area (Å²) < 4.78 is 3.78. The second kappa shape index (κ2) is 7.51. The van der Waals surface area contributed by atoms with Crippen molar-refractivity contribution in [1.29, 1.82) is 0 Å². The number of anilines is 1. The first kappa shape index (κ1) is 18.0. The van der Waals surface area contributed by atoms with E-state index in [1.807, 2.05) is 49.5 Å². The Labute approximate surface area is 143 Å². The number of amides is 2. The Morgan fingerprint density at radius 3 is 2.50 bits per heavy atom. The molecule has 132 valence electrons. The molecule has 2 aromatic rings. The number of nitrogens with one attached hydrogen (secondary N) is 2. The van der Waals surface area contributed by atoms with E-state index in [9.17, 15) is 4.79 Å². The second-order valence-corrected chi connectivity index (χ2v) is 6.27. The first-order chi connectivity index (χ1) is 11.4. The molecule has 2 heterocycles. The van der Waals surface area contributed by atoms with Crippen LogP contribution in [0.25, 0.3) is 0 Å². The standard InChI is InChI=1S/C17H28N6O/c1-7-15(14-9-18-22(8-2)10-14)19-17(24)20-16-12(5)21-23(11(3)4)13(16)6/h9-11,15H,7-8H2,1-6H3,(H2,19,20,24)/t15-/m1/s1. The van der Waals surface area contributed by atoms with Crippen LogP contribution >= 0.6 is 0 Å². The molecule has 0 aliphatic heterocycles. The Bertz CT molecular complexity index is 700. The Balaban J connectivity index is 2.09. The monoisotopic (exact) mass is 332 g/mol. The maximum absolute atomic E-state index is 12.4. The molecule has 2 amide bonds. The van der Waals surface area contributed by atoms with E-state index in [1.165, 1.54) is 0 Å². The lowest BCUT2D eigenvalue weighted by molar-refractivity contribution is 0.248. The molecule has 7 heteroatoms. The van der Waals surface area contributed by atoms with Crippen LogP contribution in [0.3, 0.4) is 0 Å². The van der Waals surface area contributed by atoms with E-state index in [2.05, 4.69) is 34.7 Å². The maximum atomic E-state index is 12.4. The number of aryl methyl sites for hydroxylation is 2. The molecule has 2 aromatic heterocycles. The van der Waals surface area contributed by atoms with Gasteiger partial charge in [0.05, 0.1) is 29.3 Å². The zero-order chi connectivity index (χ0) is 17.9. The van der Waals surface area contributed by atoms with Gasteiger partial charge in [0.15, 0.2) is 0 Å². The van der Waals surface area contributed by atoms with Gasteiger partial charge in [0, 0.05) is 24.3 Å². The lowest BCUT2D eigenvalue weighted by atomic mass is 10.1. The molecule has 0 bridgehead atoms. The van der Waals surface area contributed by atoms with Crippen molar-refractivity contribution in [3.05, 3.63) is 29.3 Å². The molecule has 1 atom stereocenters. The van der Waals surface area contributed by atoms with E-state index in [1.54, 1.807) is 0 Å². The lowest BCUT2D eigenvalue weighted by Gasteiger charge is -2.16. The Hall–Kier alpha value is -2.31. The summed E-state index contributed by atoms with van der Waals surface area (Å²) in [5.74, 6) is 0. The Morgan fingerprint density at radius 2 is 2.00 bits per heavy atom. The van der Waals surface area contributed by atoms with Gasteiger partial charge in [-0.1, -0.05) is 6.92 Å². The van der Waals surface area contributed by atoms with Crippen molar-refractivity contribution in [1.82, 2.24) is 24.9 Å². The van der Waals surface area contributed by atoms with Gasteiger partial charge in [-0.2, -0.15) is 10.2 Å². The number of carbonyl (C=O) groups excluding carboxylic acids is 1. The molecule has 0 spiro atoms. The predicted octanol–water partition coefficient (Wildman–Crippen LogP) is 3.57. The number of rotatable bonds is 6. The Kier molecular flexibility index (Phi) is 5.64. The van der Waals surface area contributed by atoms with Crippen LogP contribution in [0, 0.1) is 13.8 Å². The van der Waals surface area contributed by atoms with Crippen LogP contribution in [0.5, 0.6) is 0 Å². The molecule has 2 rings (SSSR count). The van der Waals surface area contributed by atoms with E-state index in [4.69, 9.17) is 0 Å². The molecular formula is C17H28N6O. The second-order valence-electron chi connectivity index (χ2n) is 6.27. The smallest absolute Gasteiger partial charge is 0.319 e. The van der Waals surface area contributed by atoms with Gasteiger partial charge in [-0.15, -0.1) is 0 Å². The van der Waals surface area contributed by atoms with E-state index >= 15 is 0 Å². The predicted molar refractivity (Wildman–Crippen MR) is 95.2 cm³/mol. The number of nitrogens with zero attached hydrogens (tertiary/aromatic N) is 4. The third kappa shape index (κ3) is 3.77. The van der Waals surface area contributed by atoms with Gasteiger partial charge in [-0.3, -0.25) is 9.36 Å². The van der Waals surface area contributed by atoms with Crippen LogP contribution in [0.1, 0.15) is 63.2 Å². The van der Waals surface area contributed by atoms with Gasteiger partial charge in [0.2, 0.25) is 0 Å². The average molecular weight is 332 g/mol. The van der Waals surface area contributed by atoms with Gasteiger partial charge in [-0.25, -0.2) is 4.79 Å². The lowest BCUT2D eigenvalue weighted by Crippen LogP contribution is -2.32. The van der Waals surface area contributed by atoms with E-state index in [0.29, 0.717) is 0 Å². The number of aromatic nitrogens is 4. The highest BCUT2D eigenvalue weighted by molar-refractivity contribution is 5.90. The zero-order valence-electron chi connectivity index (χ0n) is 15.4. The minimum atomic E-state index is -0.222. The molecule has 0 saturated heterocycles. The molecule has 0 radical (unpaired) electrons. The molecular weight excluding hydrogens is 304 g/mol. The molecule has 2 N–H and O–H groups in total. The molecule has 0 aliphatic carbocycles. The van der Waals surface area contributed by atoms with Gasteiger partial charge < -0.3 is 10.6 Å². The third-order valence-corrected chi connectivity index (χ3v) is 4.15. The summed E-state index contributed by atoms with van der Waals surface area (Å²) in [4.78, 5) is 12.4. The average Bonchev–Trinajstić information content (AvgIpc) is 3.12. The van der Waals surface area contributed by atoms with Crippen molar-refractivity contribution in [2.45, 2.75) is 66.6 Å². The maximum Gasteiger partial charge on any atom is 0.319 e. The van der Waals surface area contributed by atoms with Crippen LogP contribution in [0.4, 0.5) is 10.5 Å². The fourth-order valence-electron chi connectivity index (χ4n) is 2.81. The van der Waals surface area contributed by atoms with Gasteiger partial charge in [-0.05, 0) is 41.0 Å². The highest BCUT2D eigenvalue weighted by Gasteiger charge is 2.18. The summed E-state index contributed by atoms with van der Waals surface area (Å²) >= 11 is 0.